The molecule has 0 spiro atoms. The Morgan fingerprint density at radius 2 is 1.75 bits per heavy atom. The average Bonchev–Trinajstić information content (AvgIpc) is 2.60. The van der Waals surface area contributed by atoms with Gasteiger partial charge in [0.1, 0.15) is 5.75 Å². The van der Waals surface area contributed by atoms with Crippen LogP contribution in [0, 0.1) is 0 Å². The minimum atomic E-state index is -4.46. The van der Waals surface area contributed by atoms with Crippen LogP contribution in [-0.2, 0) is 27.5 Å². The molecular formula is C18H19F3N2O4S. The van der Waals surface area contributed by atoms with Gasteiger partial charge < -0.3 is 10.1 Å². The molecule has 10 heteroatoms. The molecule has 1 amide bonds. The molecule has 0 radical (unpaired) electrons. The minimum absolute atomic E-state index is 0.0912. The van der Waals surface area contributed by atoms with Crippen molar-refractivity contribution in [2.75, 3.05) is 19.5 Å². The topological polar surface area (TPSA) is 75.7 Å². The fraction of sp³-hybridized carbons (Fsp3) is 0.278. The zero-order valence-corrected chi connectivity index (χ0v) is 16.2. The van der Waals surface area contributed by atoms with E-state index in [2.05, 4.69) is 5.32 Å². The average molecular weight is 416 g/mol. The first-order valence-corrected chi connectivity index (χ1v) is 9.47. The van der Waals surface area contributed by atoms with Gasteiger partial charge in [0.2, 0.25) is 15.9 Å². The van der Waals surface area contributed by atoms with E-state index in [0.29, 0.717) is 11.3 Å². The number of methoxy groups -OCH3 is 1. The van der Waals surface area contributed by atoms with Crippen LogP contribution in [0.3, 0.4) is 0 Å². The Kier molecular flexibility index (Phi) is 6.35. The molecule has 0 saturated carbocycles. The van der Waals surface area contributed by atoms with Gasteiger partial charge in [0, 0.05) is 20.5 Å². The first-order chi connectivity index (χ1) is 12.9. The number of rotatable bonds is 6. The second kappa shape index (κ2) is 8.19. The molecule has 152 valence electrons. The van der Waals surface area contributed by atoms with Gasteiger partial charge in [-0.05, 0) is 35.9 Å². The highest BCUT2D eigenvalue weighted by Gasteiger charge is 2.30. The molecule has 2 aromatic carbocycles. The highest BCUT2D eigenvalue weighted by Crippen LogP contribution is 2.31. The van der Waals surface area contributed by atoms with Crippen molar-refractivity contribution < 1.29 is 31.1 Å². The van der Waals surface area contributed by atoms with Crippen molar-refractivity contribution in [3.63, 3.8) is 0 Å². The lowest BCUT2D eigenvalue weighted by Crippen LogP contribution is -2.26. The molecule has 2 aromatic rings. The summed E-state index contributed by atoms with van der Waals surface area (Å²) in [6.07, 6.45) is -4.46. The molecule has 6 nitrogen and oxygen atoms in total. The van der Waals surface area contributed by atoms with Crippen molar-refractivity contribution in [3.05, 3.63) is 53.6 Å². The van der Waals surface area contributed by atoms with Crippen molar-refractivity contribution in [2.45, 2.75) is 24.5 Å². The van der Waals surface area contributed by atoms with Gasteiger partial charge in [-0.3, -0.25) is 4.79 Å². The van der Waals surface area contributed by atoms with E-state index in [-0.39, 0.29) is 17.1 Å². The van der Waals surface area contributed by atoms with Gasteiger partial charge in [0.25, 0.3) is 0 Å². The van der Waals surface area contributed by atoms with Gasteiger partial charge >= 0.3 is 6.18 Å². The molecule has 0 aliphatic carbocycles. The van der Waals surface area contributed by atoms with Crippen LogP contribution in [-0.4, -0.2) is 32.8 Å². The van der Waals surface area contributed by atoms with E-state index < -0.39 is 27.7 Å². The lowest BCUT2D eigenvalue weighted by atomic mass is 10.1. The van der Waals surface area contributed by atoms with Crippen LogP contribution in [0.2, 0.25) is 0 Å². The summed E-state index contributed by atoms with van der Waals surface area (Å²) in [5, 5.41) is 2.49. The van der Waals surface area contributed by atoms with E-state index in [4.69, 9.17) is 4.74 Å². The number of carbonyl (C=O) groups is 1. The van der Waals surface area contributed by atoms with Gasteiger partial charge in [-0.1, -0.05) is 12.1 Å². The summed E-state index contributed by atoms with van der Waals surface area (Å²) in [6, 6.07) is 8.25. The number of nitrogens with zero attached hydrogens (tertiary/aromatic N) is 1. The highest BCUT2D eigenvalue weighted by atomic mass is 32.2. The van der Waals surface area contributed by atoms with Crippen LogP contribution in [0.1, 0.15) is 18.1 Å². The predicted molar refractivity (Wildman–Crippen MR) is 97.4 cm³/mol. The number of sulfonamides is 1. The molecule has 0 aliphatic heterocycles. The molecular weight excluding hydrogens is 397 g/mol. The summed E-state index contributed by atoms with van der Waals surface area (Å²) in [5.74, 6) is -0.106. The molecule has 0 heterocycles. The second-order valence-electron chi connectivity index (χ2n) is 6.00. The number of benzene rings is 2. The summed E-state index contributed by atoms with van der Waals surface area (Å²) >= 11 is 0. The summed E-state index contributed by atoms with van der Waals surface area (Å²) in [5.41, 5.74) is -0.217. The number of alkyl halides is 3. The number of carbonyl (C=O) groups excluding carboxylic acids is 1. The molecule has 0 bridgehead atoms. The van der Waals surface area contributed by atoms with Crippen molar-refractivity contribution >= 4 is 21.6 Å². The minimum Gasteiger partial charge on any atom is -0.495 e. The smallest absolute Gasteiger partial charge is 0.416 e. The second-order valence-corrected chi connectivity index (χ2v) is 8.04. The molecule has 2 rings (SSSR count). The standard InChI is InChI=1S/C18H19F3N2O4S/c1-12(24)22-16-10-15(8-9-17(16)27-3)28(25,26)23(2)11-13-4-6-14(7-5-13)18(19,20)21/h4-10H,11H2,1-3H3,(H,22,24). The third-order valence-electron chi connectivity index (χ3n) is 3.88. The summed E-state index contributed by atoms with van der Waals surface area (Å²) in [6.45, 7) is 1.15. The molecule has 1 N–H and O–H groups in total. The first-order valence-electron chi connectivity index (χ1n) is 8.03. The van der Waals surface area contributed by atoms with Crippen LogP contribution in [0.15, 0.2) is 47.4 Å². The fourth-order valence-corrected chi connectivity index (χ4v) is 3.64. The predicted octanol–water partition coefficient (Wildman–Crippen LogP) is 3.49. The summed E-state index contributed by atoms with van der Waals surface area (Å²) in [4.78, 5) is 11.2. The molecule has 0 fully saturated rings. The SMILES string of the molecule is COc1ccc(S(=O)(=O)N(C)Cc2ccc(C(F)(F)F)cc2)cc1NC(C)=O. The van der Waals surface area contributed by atoms with Gasteiger partial charge in [-0.15, -0.1) is 0 Å². The van der Waals surface area contributed by atoms with Gasteiger partial charge in [-0.2, -0.15) is 17.5 Å². The Bertz CT molecular complexity index is 958. The fourth-order valence-electron chi connectivity index (χ4n) is 2.46. The van der Waals surface area contributed by atoms with Crippen molar-refractivity contribution in [1.82, 2.24) is 4.31 Å². The zero-order valence-electron chi connectivity index (χ0n) is 15.4. The first kappa shape index (κ1) is 21.7. The Labute approximate surface area is 161 Å². The van der Waals surface area contributed by atoms with Gasteiger partial charge in [-0.25, -0.2) is 8.42 Å². The Hall–Kier alpha value is -2.59. The number of anilines is 1. The molecule has 28 heavy (non-hydrogen) atoms. The molecule has 0 aliphatic rings. The number of amides is 1. The number of hydrogen-bond donors (Lipinski definition) is 1. The van der Waals surface area contributed by atoms with Crippen LogP contribution in [0.25, 0.3) is 0 Å². The number of ether oxygens (including phenoxy) is 1. The highest BCUT2D eigenvalue weighted by molar-refractivity contribution is 7.89. The van der Waals surface area contributed by atoms with Crippen molar-refractivity contribution in [2.24, 2.45) is 0 Å². The third kappa shape index (κ3) is 5.02. The lowest BCUT2D eigenvalue weighted by Gasteiger charge is -2.19. The lowest BCUT2D eigenvalue weighted by molar-refractivity contribution is -0.137. The molecule has 0 atom stereocenters. The van der Waals surface area contributed by atoms with Crippen LogP contribution in [0.4, 0.5) is 18.9 Å². The van der Waals surface area contributed by atoms with Crippen molar-refractivity contribution in [1.29, 1.82) is 0 Å². The number of hydrogen-bond acceptors (Lipinski definition) is 4. The number of halogens is 3. The Morgan fingerprint density at radius 3 is 2.25 bits per heavy atom. The Morgan fingerprint density at radius 1 is 1.14 bits per heavy atom. The third-order valence-corrected chi connectivity index (χ3v) is 5.68. The maximum Gasteiger partial charge on any atom is 0.416 e. The summed E-state index contributed by atoms with van der Waals surface area (Å²) < 4.78 is 69.6. The maximum absolute atomic E-state index is 12.8. The van der Waals surface area contributed by atoms with Gasteiger partial charge in [0.05, 0.1) is 23.3 Å². The normalized spacial score (nSPS) is 12.1. The van der Waals surface area contributed by atoms with Crippen molar-refractivity contribution in [3.8, 4) is 5.75 Å². The molecule has 0 unspecified atom stereocenters. The maximum atomic E-state index is 12.8. The largest absolute Gasteiger partial charge is 0.495 e. The molecule has 0 saturated heterocycles. The molecule has 0 aromatic heterocycles. The quantitative estimate of drug-likeness (QED) is 0.782. The Balaban J connectivity index is 2.27. The van der Waals surface area contributed by atoms with E-state index in [9.17, 15) is 26.4 Å². The van der Waals surface area contributed by atoms with E-state index in [1.165, 1.54) is 51.4 Å². The van der Waals surface area contributed by atoms with Gasteiger partial charge in [0.15, 0.2) is 0 Å². The van der Waals surface area contributed by atoms with E-state index in [1.807, 2.05) is 0 Å². The summed E-state index contributed by atoms with van der Waals surface area (Å²) in [7, 11) is -1.26. The van der Waals surface area contributed by atoms with E-state index >= 15 is 0 Å². The van der Waals surface area contributed by atoms with Crippen LogP contribution >= 0.6 is 0 Å². The van der Waals surface area contributed by atoms with Crippen LogP contribution < -0.4 is 10.1 Å². The van der Waals surface area contributed by atoms with E-state index in [0.717, 1.165) is 16.4 Å². The van der Waals surface area contributed by atoms with E-state index in [1.54, 1.807) is 0 Å². The van der Waals surface area contributed by atoms with Crippen LogP contribution in [0.5, 0.6) is 5.75 Å². The zero-order chi connectivity index (χ0) is 21.1. The number of nitrogens with one attached hydrogen (secondary N) is 1. The monoisotopic (exact) mass is 416 g/mol.